The van der Waals surface area contributed by atoms with Crippen molar-refractivity contribution in [3.8, 4) is 5.75 Å². The van der Waals surface area contributed by atoms with Crippen LogP contribution in [0.2, 0.25) is 0 Å². The molecule has 0 amide bonds. The second-order valence-corrected chi connectivity index (χ2v) is 4.02. The first-order valence-electron chi connectivity index (χ1n) is 5.59. The quantitative estimate of drug-likeness (QED) is 0.389. The number of ketones is 1. The number of carbonyl (C=O) groups excluding carboxylic acids is 2. The van der Waals surface area contributed by atoms with Gasteiger partial charge in [0.05, 0.1) is 14.2 Å². The number of hydrogen-bond acceptors (Lipinski definition) is 5. The lowest BCUT2D eigenvalue weighted by Gasteiger charge is -2.11. The predicted molar refractivity (Wildman–Crippen MR) is 70.1 cm³/mol. The topological polar surface area (TPSA) is 72.8 Å². The number of aryl methyl sites for hydroxylation is 2. The van der Waals surface area contributed by atoms with Gasteiger partial charge in [-0.3, -0.25) is 4.79 Å². The van der Waals surface area contributed by atoms with Crippen molar-refractivity contribution in [2.75, 3.05) is 14.2 Å². The number of aliphatic hydroxyl groups excluding tert-OH is 1. The van der Waals surface area contributed by atoms with Gasteiger partial charge in [-0.25, -0.2) is 4.79 Å². The third-order valence-electron chi connectivity index (χ3n) is 2.65. The summed E-state index contributed by atoms with van der Waals surface area (Å²) in [6, 6.07) is 3.46. The van der Waals surface area contributed by atoms with Crippen molar-refractivity contribution < 1.29 is 24.2 Å². The second kappa shape index (κ2) is 6.04. The van der Waals surface area contributed by atoms with Gasteiger partial charge in [0.15, 0.2) is 0 Å². The summed E-state index contributed by atoms with van der Waals surface area (Å²) in [7, 11) is 2.65. The average molecular weight is 264 g/mol. The van der Waals surface area contributed by atoms with Crippen LogP contribution in [0.15, 0.2) is 18.2 Å². The number of rotatable bonds is 4. The van der Waals surface area contributed by atoms with Crippen LogP contribution >= 0.6 is 0 Å². The van der Waals surface area contributed by atoms with Crippen LogP contribution in [0.4, 0.5) is 0 Å². The van der Waals surface area contributed by atoms with Gasteiger partial charge in [0.2, 0.25) is 0 Å². The fourth-order valence-electron chi connectivity index (χ4n) is 1.80. The summed E-state index contributed by atoms with van der Waals surface area (Å²) >= 11 is 0. The first-order chi connectivity index (χ1) is 8.90. The number of hydrogen-bond donors (Lipinski definition) is 1. The molecule has 1 aromatic carbocycles. The van der Waals surface area contributed by atoms with E-state index in [0.29, 0.717) is 11.3 Å². The molecule has 5 nitrogen and oxygen atoms in total. The van der Waals surface area contributed by atoms with Crippen molar-refractivity contribution in [3.05, 3.63) is 34.9 Å². The summed E-state index contributed by atoms with van der Waals surface area (Å²) in [5.74, 6) is -1.54. The molecule has 5 heteroatoms. The first-order valence-corrected chi connectivity index (χ1v) is 5.59. The molecule has 0 spiro atoms. The molecule has 0 aromatic heterocycles. The highest BCUT2D eigenvalue weighted by Crippen LogP contribution is 2.26. The smallest absolute Gasteiger partial charge is 0.378 e. The minimum Gasteiger partial charge on any atom is -0.507 e. The molecule has 0 fully saturated rings. The monoisotopic (exact) mass is 264 g/mol. The Labute approximate surface area is 111 Å². The Morgan fingerprint density at radius 2 is 1.68 bits per heavy atom. The van der Waals surface area contributed by atoms with E-state index in [1.807, 2.05) is 0 Å². The van der Waals surface area contributed by atoms with E-state index in [1.165, 1.54) is 0 Å². The molecule has 19 heavy (non-hydrogen) atoms. The highest BCUT2D eigenvalue weighted by atomic mass is 16.5. The van der Waals surface area contributed by atoms with Crippen LogP contribution in [0.25, 0.3) is 5.76 Å². The van der Waals surface area contributed by atoms with Crippen molar-refractivity contribution in [1.29, 1.82) is 0 Å². The van der Waals surface area contributed by atoms with Crippen molar-refractivity contribution in [2.45, 2.75) is 13.8 Å². The number of methoxy groups -OCH3 is 2. The van der Waals surface area contributed by atoms with Gasteiger partial charge in [0.1, 0.15) is 11.5 Å². The molecule has 0 radical (unpaired) electrons. The van der Waals surface area contributed by atoms with Gasteiger partial charge in [-0.05, 0) is 37.1 Å². The van der Waals surface area contributed by atoms with Crippen LogP contribution in [-0.2, 0) is 14.3 Å². The van der Waals surface area contributed by atoms with Crippen molar-refractivity contribution in [3.63, 3.8) is 0 Å². The molecule has 0 aliphatic carbocycles. The number of esters is 1. The molecule has 0 bridgehead atoms. The fraction of sp³-hybridized carbons (Fsp3) is 0.286. The number of aliphatic hydroxyl groups is 1. The lowest BCUT2D eigenvalue weighted by molar-refractivity contribution is -0.149. The van der Waals surface area contributed by atoms with E-state index < -0.39 is 11.8 Å². The van der Waals surface area contributed by atoms with Crippen LogP contribution in [0.3, 0.4) is 0 Å². The van der Waals surface area contributed by atoms with Crippen molar-refractivity contribution in [1.82, 2.24) is 0 Å². The zero-order valence-electron chi connectivity index (χ0n) is 11.3. The average Bonchev–Trinajstić information content (AvgIpc) is 2.36. The SMILES string of the molecule is COC(=O)C(=O)/C=C(\O)c1c(C)cc(OC)cc1C. The maximum Gasteiger partial charge on any atom is 0.378 e. The van der Waals surface area contributed by atoms with Gasteiger partial charge >= 0.3 is 5.97 Å². The third kappa shape index (κ3) is 3.34. The molecular formula is C14H16O5. The standard InChI is InChI=1S/C14H16O5/c1-8-5-10(18-3)6-9(2)13(8)11(15)7-12(16)14(17)19-4/h5-7,15H,1-4H3/b11-7-. The largest absolute Gasteiger partial charge is 0.507 e. The van der Waals surface area contributed by atoms with Crippen LogP contribution in [-0.4, -0.2) is 31.1 Å². The van der Waals surface area contributed by atoms with Crippen LogP contribution < -0.4 is 4.74 Å². The molecule has 1 rings (SSSR count). The van der Waals surface area contributed by atoms with E-state index in [-0.39, 0.29) is 5.76 Å². The molecule has 1 N–H and O–H groups in total. The molecule has 0 unspecified atom stereocenters. The minimum absolute atomic E-state index is 0.270. The zero-order chi connectivity index (χ0) is 14.6. The van der Waals surface area contributed by atoms with E-state index in [4.69, 9.17) is 4.74 Å². The molecule has 0 aliphatic heterocycles. The molecule has 0 atom stereocenters. The normalized spacial score (nSPS) is 11.1. The van der Waals surface area contributed by atoms with Crippen molar-refractivity contribution in [2.24, 2.45) is 0 Å². The Morgan fingerprint density at radius 1 is 1.16 bits per heavy atom. The Hall–Kier alpha value is -2.30. The van der Waals surface area contributed by atoms with Crippen molar-refractivity contribution >= 4 is 17.5 Å². The fourth-order valence-corrected chi connectivity index (χ4v) is 1.80. The van der Waals surface area contributed by atoms with Gasteiger partial charge in [-0.15, -0.1) is 0 Å². The second-order valence-electron chi connectivity index (χ2n) is 4.02. The zero-order valence-corrected chi connectivity index (χ0v) is 11.3. The van der Waals surface area contributed by atoms with E-state index in [1.54, 1.807) is 33.1 Å². The predicted octanol–water partition coefficient (Wildman–Crippen LogP) is 1.95. The maximum absolute atomic E-state index is 11.4. The summed E-state index contributed by atoms with van der Waals surface area (Å²) in [5.41, 5.74) is 1.98. The molecule has 0 saturated carbocycles. The summed E-state index contributed by atoms with van der Waals surface area (Å²) in [6.45, 7) is 3.55. The van der Waals surface area contributed by atoms with Crippen LogP contribution in [0.5, 0.6) is 5.75 Å². The summed E-state index contributed by atoms with van der Waals surface area (Å²) in [6.07, 6.45) is 0.855. The number of benzene rings is 1. The molecule has 102 valence electrons. The van der Waals surface area contributed by atoms with Gasteiger partial charge in [0, 0.05) is 11.6 Å². The van der Waals surface area contributed by atoms with Gasteiger partial charge in [0.25, 0.3) is 5.78 Å². The van der Waals surface area contributed by atoms with E-state index in [2.05, 4.69) is 4.74 Å². The lowest BCUT2D eigenvalue weighted by Crippen LogP contribution is -2.13. The molecule has 0 saturated heterocycles. The Balaban J connectivity index is 3.20. The van der Waals surface area contributed by atoms with E-state index in [9.17, 15) is 14.7 Å². The maximum atomic E-state index is 11.4. The molecule has 0 heterocycles. The summed E-state index contributed by atoms with van der Waals surface area (Å²) < 4.78 is 9.39. The minimum atomic E-state index is -1.02. The highest BCUT2D eigenvalue weighted by molar-refractivity contribution is 6.39. The first kappa shape index (κ1) is 14.8. The molecule has 0 aliphatic rings. The summed E-state index contributed by atoms with van der Waals surface area (Å²) in [5, 5.41) is 9.95. The Kier molecular flexibility index (Phi) is 4.69. The van der Waals surface area contributed by atoms with Gasteiger partial charge in [-0.1, -0.05) is 0 Å². The lowest BCUT2D eigenvalue weighted by atomic mass is 10.00. The Bertz CT molecular complexity index is 520. The number of ether oxygens (including phenoxy) is 2. The van der Waals surface area contributed by atoms with E-state index in [0.717, 1.165) is 24.3 Å². The third-order valence-corrected chi connectivity index (χ3v) is 2.65. The molecular weight excluding hydrogens is 248 g/mol. The Morgan fingerprint density at radius 3 is 2.11 bits per heavy atom. The molecule has 1 aromatic rings. The van der Waals surface area contributed by atoms with Crippen LogP contribution in [0.1, 0.15) is 16.7 Å². The van der Waals surface area contributed by atoms with E-state index >= 15 is 0 Å². The summed E-state index contributed by atoms with van der Waals surface area (Å²) in [4.78, 5) is 22.4. The number of carbonyl (C=O) groups is 2. The van der Waals surface area contributed by atoms with Gasteiger partial charge in [-0.2, -0.15) is 0 Å². The van der Waals surface area contributed by atoms with Crippen LogP contribution in [0, 0.1) is 13.8 Å². The van der Waals surface area contributed by atoms with Gasteiger partial charge < -0.3 is 14.6 Å². The highest BCUT2D eigenvalue weighted by Gasteiger charge is 2.15.